The molecule has 2 fully saturated rings. The van der Waals surface area contributed by atoms with Gasteiger partial charge in [0.2, 0.25) is 11.6 Å². The van der Waals surface area contributed by atoms with Crippen molar-refractivity contribution in [3.05, 3.63) is 28.7 Å². The monoisotopic (exact) mass is 444 g/mol. The topological polar surface area (TPSA) is 131 Å². The number of hydrogen-bond donors (Lipinski definition) is 2. The van der Waals surface area contributed by atoms with Gasteiger partial charge in [-0.3, -0.25) is 15.1 Å². The van der Waals surface area contributed by atoms with E-state index in [1.165, 1.54) is 19.3 Å². The number of methoxy groups -OCH3 is 1. The maximum absolute atomic E-state index is 12.8. The standard InChI is InChI=1S/C20H24N6O4S/c1-28-15-11-13(5-6-14(15)29-10-9-25-7-3-2-4-8-25)12-16-19(27)26(20(22)31-16)18-17(21)23-30-24-18/h5-6,11-12,22H,2-4,7-10H2,1H3,(H2,21,23)/b16-12+,22-20?. The number of nitrogens with zero attached hydrogens (tertiary/aromatic N) is 4. The van der Waals surface area contributed by atoms with Gasteiger partial charge >= 0.3 is 0 Å². The molecular formula is C20H24N6O4S. The number of nitrogens with one attached hydrogen (secondary N) is 1. The summed E-state index contributed by atoms with van der Waals surface area (Å²) in [6.45, 7) is 3.73. The van der Waals surface area contributed by atoms with Gasteiger partial charge in [-0.2, -0.15) is 0 Å². The fourth-order valence-electron chi connectivity index (χ4n) is 3.54. The molecule has 164 valence electrons. The fraction of sp³-hybridized carbons (Fsp3) is 0.400. The van der Waals surface area contributed by atoms with Crippen LogP contribution in [0.25, 0.3) is 6.08 Å². The van der Waals surface area contributed by atoms with Crippen LogP contribution in [-0.2, 0) is 4.79 Å². The molecule has 2 aromatic rings. The van der Waals surface area contributed by atoms with E-state index in [0.717, 1.165) is 41.9 Å². The highest BCUT2D eigenvalue weighted by Crippen LogP contribution is 2.37. The molecule has 1 aromatic carbocycles. The van der Waals surface area contributed by atoms with E-state index in [1.54, 1.807) is 19.3 Å². The number of rotatable bonds is 7. The minimum absolute atomic E-state index is 0.0148. The normalized spacial score (nSPS) is 18.7. The molecule has 1 amide bonds. The highest BCUT2D eigenvalue weighted by molar-refractivity contribution is 8.19. The molecule has 11 heteroatoms. The van der Waals surface area contributed by atoms with Crippen molar-refractivity contribution in [2.75, 3.05) is 44.0 Å². The summed E-state index contributed by atoms with van der Waals surface area (Å²) >= 11 is 1.01. The first kappa shape index (κ1) is 21.2. The predicted octanol–water partition coefficient (Wildman–Crippen LogP) is 2.58. The Morgan fingerprint density at radius 3 is 2.77 bits per heavy atom. The summed E-state index contributed by atoms with van der Waals surface area (Å²) in [5.74, 6) is 0.787. The van der Waals surface area contributed by atoms with Crippen molar-refractivity contribution in [3.8, 4) is 11.5 Å². The van der Waals surface area contributed by atoms with Crippen molar-refractivity contribution >= 4 is 40.5 Å². The largest absolute Gasteiger partial charge is 0.493 e. The minimum Gasteiger partial charge on any atom is -0.493 e. The molecular weight excluding hydrogens is 420 g/mol. The molecule has 0 unspecified atom stereocenters. The molecule has 0 bridgehead atoms. The van der Waals surface area contributed by atoms with Crippen molar-refractivity contribution in [1.29, 1.82) is 5.41 Å². The number of hydrogen-bond acceptors (Lipinski definition) is 10. The van der Waals surface area contributed by atoms with Crippen LogP contribution < -0.4 is 20.1 Å². The lowest BCUT2D eigenvalue weighted by atomic mass is 10.1. The molecule has 4 rings (SSSR count). The number of likely N-dealkylation sites (tertiary alicyclic amines) is 1. The molecule has 1 aromatic heterocycles. The van der Waals surface area contributed by atoms with E-state index in [9.17, 15) is 4.79 Å². The van der Waals surface area contributed by atoms with Gasteiger partial charge < -0.3 is 15.2 Å². The van der Waals surface area contributed by atoms with Crippen LogP contribution in [0.2, 0.25) is 0 Å². The van der Waals surface area contributed by atoms with E-state index in [-0.39, 0.29) is 16.8 Å². The number of nitrogens with two attached hydrogens (primary N) is 1. The maximum atomic E-state index is 12.8. The van der Waals surface area contributed by atoms with E-state index in [1.807, 2.05) is 12.1 Å². The van der Waals surface area contributed by atoms with E-state index in [0.29, 0.717) is 23.0 Å². The van der Waals surface area contributed by atoms with E-state index in [2.05, 4.69) is 19.8 Å². The number of benzene rings is 1. The number of thioether (sulfide) groups is 1. The van der Waals surface area contributed by atoms with Crippen molar-refractivity contribution in [2.45, 2.75) is 19.3 Å². The Hall–Kier alpha value is -3.05. The van der Waals surface area contributed by atoms with Gasteiger partial charge in [-0.25, -0.2) is 9.53 Å². The van der Waals surface area contributed by atoms with Crippen molar-refractivity contribution in [2.24, 2.45) is 0 Å². The number of amidine groups is 1. The summed E-state index contributed by atoms with van der Waals surface area (Å²) < 4.78 is 16.0. The van der Waals surface area contributed by atoms with E-state index < -0.39 is 5.91 Å². The Bertz CT molecular complexity index is 1000. The van der Waals surface area contributed by atoms with Gasteiger partial charge in [-0.1, -0.05) is 12.5 Å². The van der Waals surface area contributed by atoms with Crippen LogP contribution >= 0.6 is 11.8 Å². The minimum atomic E-state index is -0.418. The van der Waals surface area contributed by atoms with Crippen LogP contribution in [0, 0.1) is 5.41 Å². The van der Waals surface area contributed by atoms with Crippen LogP contribution in [0.3, 0.4) is 0 Å². The number of aromatic nitrogens is 2. The van der Waals surface area contributed by atoms with E-state index >= 15 is 0 Å². The Balaban J connectivity index is 1.45. The first-order valence-corrected chi connectivity index (χ1v) is 10.8. The molecule has 0 radical (unpaired) electrons. The first-order chi connectivity index (χ1) is 15.1. The second-order valence-electron chi connectivity index (χ2n) is 7.19. The zero-order valence-corrected chi connectivity index (χ0v) is 18.0. The Kier molecular flexibility index (Phi) is 6.42. The highest BCUT2D eigenvalue weighted by atomic mass is 32.2. The fourth-order valence-corrected chi connectivity index (χ4v) is 4.38. The number of amides is 1. The molecule has 0 spiro atoms. The quantitative estimate of drug-likeness (QED) is 0.619. The third-order valence-electron chi connectivity index (χ3n) is 5.13. The lowest BCUT2D eigenvalue weighted by Gasteiger charge is -2.26. The van der Waals surface area contributed by atoms with Crippen LogP contribution in [0.15, 0.2) is 27.7 Å². The smallest absolute Gasteiger partial charge is 0.272 e. The molecule has 2 aliphatic rings. The first-order valence-electron chi connectivity index (χ1n) is 10.0. The molecule has 2 saturated heterocycles. The Labute approximate surface area is 183 Å². The van der Waals surface area contributed by atoms with Gasteiger partial charge in [0.15, 0.2) is 16.7 Å². The summed E-state index contributed by atoms with van der Waals surface area (Å²) in [5.41, 5.74) is 6.41. The maximum Gasteiger partial charge on any atom is 0.272 e. The number of ether oxygens (including phenoxy) is 2. The Morgan fingerprint density at radius 1 is 1.26 bits per heavy atom. The second kappa shape index (κ2) is 9.40. The summed E-state index contributed by atoms with van der Waals surface area (Å²) in [6, 6.07) is 5.47. The van der Waals surface area contributed by atoms with Crippen LogP contribution in [0.5, 0.6) is 11.5 Å². The van der Waals surface area contributed by atoms with Gasteiger partial charge in [0.05, 0.1) is 12.0 Å². The predicted molar refractivity (Wildman–Crippen MR) is 118 cm³/mol. The van der Waals surface area contributed by atoms with Crippen LogP contribution in [0.4, 0.5) is 11.6 Å². The number of nitrogen functional groups attached to an aromatic ring is 1. The molecule has 31 heavy (non-hydrogen) atoms. The SMILES string of the molecule is COc1cc(/C=C2/SC(=N)N(c3nonc3N)C2=O)ccc1OCCN1CCCCC1. The van der Waals surface area contributed by atoms with Gasteiger partial charge in [0.25, 0.3) is 5.91 Å². The molecule has 0 aliphatic carbocycles. The summed E-state index contributed by atoms with van der Waals surface area (Å²) in [4.78, 5) is 16.6. The van der Waals surface area contributed by atoms with Gasteiger partial charge in [-0.05, 0) is 71.8 Å². The molecule has 3 N–H and O–H groups in total. The number of piperidine rings is 1. The average Bonchev–Trinajstić information content (AvgIpc) is 3.31. The Morgan fingerprint density at radius 2 is 2.06 bits per heavy atom. The average molecular weight is 445 g/mol. The molecule has 3 heterocycles. The van der Waals surface area contributed by atoms with Crippen molar-refractivity contribution in [1.82, 2.24) is 15.2 Å². The summed E-state index contributed by atoms with van der Waals surface area (Å²) in [5, 5.41) is 15.1. The van der Waals surface area contributed by atoms with Gasteiger partial charge in [0.1, 0.15) is 6.61 Å². The number of anilines is 2. The lowest BCUT2D eigenvalue weighted by molar-refractivity contribution is -0.113. The molecule has 10 nitrogen and oxygen atoms in total. The molecule has 0 atom stereocenters. The van der Waals surface area contributed by atoms with Gasteiger partial charge in [-0.15, -0.1) is 0 Å². The lowest BCUT2D eigenvalue weighted by Crippen LogP contribution is -2.33. The van der Waals surface area contributed by atoms with Crippen LogP contribution in [-0.4, -0.2) is 59.6 Å². The third kappa shape index (κ3) is 4.67. The number of carbonyl (C=O) groups excluding carboxylic acids is 1. The zero-order chi connectivity index (χ0) is 21.8. The second-order valence-corrected chi connectivity index (χ2v) is 8.22. The number of carbonyl (C=O) groups is 1. The summed E-state index contributed by atoms with van der Waals surface area (Å²) in [7, 11) is 1.58. The van der Waals surface area contributed by atoms with Crippen molar-refractivity contribution in [3.63, 3.8) is 0 Å². The highest BCUT2D eigenvalue weighted by Gasteiger charge is 2.37. The van der Waals surface area contributed by atoms with Crippen molar-refractivity contribution < 1.29 is 18.9 Å². The summed E-state index contributed by atoms with van der Waals surface area (Å²) in [6.07, 6.45) is 5.49. The molecule has 0 saturated carbocycles. The van der Waals surface area contributed by atoms with Crippen LogP contribution in [0.1, 0.15) is 24.8 Å². The molecule has 2 aliphatic heterocycles. The zero-order valence-electron chi connectivity index (χ0n) is 17.2. The van der Waals surface area contributed by atoms with Gasteiger partial charge in [0, 0.05) is 6.54 Å². The third-order valence-corrected chi connectivity index (χ3v) is 6.02. The van der Waals surface area contributed by atoms with E-state index in [4.69, 9.17) is 20.6 Å².